The maximum atomic E-state index is 14.7. The predicted molar refractivity (Wildman–Crippen MR) is 110 cm³/mol. The first-order valence-corrected chi connectivity index (χ1v) is 10.0. The highest BCUT2D eigenvalue weighted by Crippen LogP contribution is 2.25. The van der Waals surface area contributed by atoms with Crippen molar-refractivity contribution < 1.29 is 9.18 Å². The molecule has 3 aromatic rings. The number of aromatic nitrogens is 4. The molecule has 1 aliphatic rings. The summed E-state index contributed by atoms with van der Waals surface area (Å²) in [5.74, 6) is 0.155. The van der Waals surface area contributed by atoms with Crippen LogP contribution in [0.1, 0.15) is 30.8 Å². The number of hydrogen-bond acceptors (Lipinski definition) is 4. The summed E-state index contributed by atoms with van der Waals surface area (Å²) in [6, 6.07) is 5.28. The summed E-state index contributed by atoms with van der Waals surface area (Å²) < 4.78 is 16.4. The van der Waals surface area contributed by atoms with Crippen molar-refractivity contribution in [3.8, 4) is 11.1 Å². The maximum Gasteiger partial charge on any atom is 0.272 e. The number of benzene rings is 1. The molecular formula is C21H27FN6O. The Bertz CT molecular complexity index is 1010. The van der Waals surface area contributed by atoms with Crippen molar-refractivity contribution in [2.24, 2.45) is 13.0 Å². The number of carbonyl (C=O) groups is 1. The fourth-order valence-electron chi connectivity index (χ4n) is 3.99. The Hall–Kier alpha value is -2.74. The van der Waals surface area contributed by atoms with Crippen LogP contribution in [0.3, 0.4) is 0 Å². The molecule has 2 aromatic heterocycles. The standard InChI is InChI=1S/C21H27FN6O/c1-13(2)10-28-7-6-19(17(22)12-28)24-21(29)20-16-8-14(4-5-18(16)25-26-20)15-9-23-27(3)11-15/h4-5,8-9,11,13,17,19H,6-7,10,12H2,1-3H3,(H,24,29)(H,25,26)/t17-,19+/m0/s1. The third-order valence-electron chi connectivity index (χ3n) is 5.38. The molecule has 3 heterocycles. The van der Waals surface area contributed by atoms with E-state index in [-0.39, 0.29) is 5.91 Å². The zero-order valence-corrected chi connectivity index (χ0v) is 17.0. The molecule has 0 bridgehead atoms. The molecular weight excluding hydrogens is 371 g/mol. The molecule has 154 valence electrons. The lowest BCUT2D eigenvalue weighted by Gasteiger charge is -2.35. The van der Waals surface area contributed by atoms with Gasteiger partial charge in [-0.25, -0.2) is 4.39 Å². The second-order valence-electron chi connectivity index (χ2n) is 8.27. The number of rotatable bonds is 5. The third-order valence-corrected chi connectivity index (χ3v) is 5.38. The summed E-state index contributed by atoms with van der Waals surface area (Å²) in [4.78, 5) is 15.0. The first-order valence-electron chi connectivity index (χ1n) is 10.0. The zero-order chi connectivity index (χ0) is 20.5. The van der Waals surface area contributed by atoms with Gasteiger partial charge < -0.3 is 10.2 Å². The molecule has 1 aromatic carbocycles. The van der Waals surface area contributed by atoms with Gasteiger partial charge in [0.25, 0.3) is 5.91 Å². The number of aromatic amines is 1. The van der Waals surface area contributed by atoms with Gasteiger partial charge in [-0.1, -0.05) is 19.9 Å². The number of nitrogens with zero attached hydrogens (tertiary/aromatic N) is 4. The van der Waals surface area contributed by atoms with Gasteiger partial charge >= 0.3 is 0 Å². The third kappa shape index (κ3) is 4.17. The SMILES string of the molecule is CC(C)CN1CC[C@@H](NC(=O)c2n[nH]c3ccc(-c4cnn(C)c4)cc23)[C@@H](F)C1. The second-order valence-corrected chi connectivity index (χ2v) is 8.27. The van der Waals surface area contributed by atoms with Crippen molar-refractivity contribution >= 4 is 16.8 Å². The predicted octanol–water partition coefficient (Wildman–Crippen LogP) is 2.76. The maximum absolute atomic E-state index is 14.7. The van der Waals surface area contributed by atoms with Crippen LogP contribution in [0.4, 0.5) is 4.39 Å². The van der Waals surface area contributed by atoms with Gasteiger partial charge in [-0.05, 0) is 30.0 Å². The summed E-state index contributed by atoms with van der Waals surface area (Å²) in [5, 5.41) is 14.9. The van der Waals surface area contributed by atoms with Crippen molar-refractivity contribution in [3.05, 3.63) is 36.3 Å². The van der Waals surface area contributed by atoms with E-state index in [4.69, 9.17) is 0 Å². The molecule has 2 N–H and O–H groups in total. The van der Waals surface area contributed by atoms with E-state index in [1.54, 1.807) is 10.9 Å². The quantitative estimate of drug-likeness (QED) is 0.693. The number of carbonyl (C=O) groups excluding carboxylic acids is 1. The van der Waals surface area contributed by atoms with E-state index in [2.05, 4.69) is 39.4 Å². The number of nitrogens with one attached hydrogen (secondary N) is 2. The topological polar surface area (TPSA) is 78.8 Å². The number of aryl methyl sites for hydroxylation is 1. The number of piperidine rings is 1. The second kappa shape index (κ2) is 7.94. The summed E-state index contributed by atoms with van der Waals surface area (Å²) in [7, 11) is 1.86. The van der Waals surface area contributed by atoms with Gasteiger partial charge in [0.2, 0.25) is 0 Å². The molecule has 7 nitrogen and oxygen atoms in total. The fourth-order valence-corrected chi connectivity index (χ4v) is 3.99. The number of halogens is 1. The number of alkyl halides is 1. The Morgan fingerprint density at radius 2 is 2.21 bits per heavy atom. The van der Waals surface area contributed by atoms with Crippen LogP contribution in [0.5, 0.6) is 0 Å². The minimum atomic E-state index is -1.08. The van der Waals surface area contributed by atoms with Crippen LogP contribution in [-0.4, -0.2) is 62.6 Å². The number of fused-ring (bicyclic) bond motifs is 1. The Morgan fingerprint density at radius 1 is 1.38 bits per heavy atom. The normalized spacial score (nSPS) is 20.4. The largest absolute Gasteiger partial charge is 0.345 e. The molecule has 0 aliphatic carbocycles. The lowest BCUT2D eigenvalue weighted by Crippen LogP contribution is -2.53. The van der Waals surface area contributed by atoms with Gasteiger partial charge in [-0.3, -0.25) is 14.6 Å². The Labute approximate surface area is 169 Å². The number of hydrogen-bond donors (Lipinski definition) is 2. The molecule has 1 amide bonds. The Balaban J connectivity index is 1.50. The van der Waals surface area contributed by atoms with E-state index in [1.165, 1.54) is 0 Å². The average molecular weight is 398 g/mol. The monoisotopic (exact) mass is 398 g/mol. The molecule has 2 atom stereocenters. The Morgan fingerprint density at radius 3 is 2.90 bits per heavy atom. The summed E-state index contributed by atoms with van der Waals surface area (Å²) in [5.41, 5.74) is 2.98. The van der Waals surface area contributed by atoms with Crippen LogP contribution < -0.4 is 5.32 Å². The van der Waals surface area contributed by atoms with Gasteiger partial charge in [0, 0.05) is 43.8 Å². The van der Waals surface area contributed by atoms with E-state index < -0.39 is 12.2 Å². The van der Waals surface area contributed by atoms with Gasteiger partial charge in [0.05, 0.1) is 17.8 Å². The number of H-pyrrole nitrogens is 1. The lowest BCUT2D eigenvalue weighted by molar-refractivity contribution is 0.0748. The van der Waals surface area contributed by atoms with Crippen molar-refractivity contribution in [2.75, 3.05) is 19.6 Å². The van der Waals surface area contributed by atoms with Crippen LogP contribution in [0.15, 0.2) is 30.6 Å². The highest BCUT2D eigenvalue weighted by atomic mass is 19.1. The van der Waals surface area contributed by atoms with Crippen LogP contribution in [0.25, 0.3) is 22.0 Å². The summed E-state index contributed by atoms with van der Waals surface area (Å²) >= 11 is 0. The average Bonchev–Trinajstić information content (AvgIpc) is 3.29. The number of likely N-dealkylation sites (tertiary alicyclic amines) is 1. The number of amides is 1. The van der Waals surface area contributed by atoms with Crippen LogP contribution >= 0.6 is 0 Å². The van der Waals surface area contributed by atoms with Crippen LogP contribution in [0, 0.1) is 5.92 Å². The first kappa shape index (κ1) is 19.6. The molecule has 0 spiro atoms. The zero-order valence-electron chi connectivity index (χ0n) is 17.0. The summed E-state index contributed by atoms with van der Waals surface area (Å²) in [6.45, 7) is 6.28. The molecule has 8 heteroatoms. The lowest BCUT2D eigenvalue weighted by atomic mass is 10.0. The highest BCUT2D eigenvalue weighted by molar-refractivity contribution is 6.05. The van der Waals surface area contributed by atoms with Crippen LogP contribution in [0.2, 0.25) is 0 Å². The van der Waals surface area contributed by atoms with E-state index in [1.807, 2.05) is 31.4 Å². The van der Waals surface area contributed by atoms with Crippen molar-refractivity contribution in [2.45, 2.75) is 32.5 Å². The van der Waals surface area contributed by atoms with Crippen molar-refractivity contribution in [1.82, 2.24) is 30.2 Å². The van der Waals surface area contributed by atoms with E-state index >= 15 is 0 Å². The van der Waals surface area contributed by atoms with E-state index in [9.17, 15) is 9.18 Å². The first-order chi connectivity index (χ1) is 13.9. The molecule has 1 saturated heterocycles. The fraction of sp³-hybridized carbons (Fsp3) is 0.476. The highest BCUT2D eigenvalue weighted by Gasteiger charge is 2.31. The molecule has 1 aliphatic heterocycles. The van der Waals surface area contributed by atoms with Crippen molar-refractivity contribution in [1.29, 1.82) is 0 Å². The molecule has 0 radical (unpaired) electrons. The Kier molecular flexibility index (Phi) is 5.36. The van der Waals surface area contributed by atoms with Crippen molar-refractivity contribution in [3.63, 3.8) is 0 Å². The van der Waals surface area contributed by atoms with Gasteiger partial charge in [-0.15, -0.1) is 0 Å². The minimum absolute atomic E-state index is 0.294. The molecule has 4 rings (SSSR count). The van der Waals surface area contributed by atoms with E-state index in [0.717, 1.165) is 35.1 Å². The molecule has 0 unspecified atom stereocenters. The van der Waals surface area contributed by atoms with Crippen LogP contribution in [-0.2, 0) is 7.05 Å². The molecule has 1 fully saturated rings. The van der Waals surface area contributed by atoms with Gasteiger partial charge in [0.15, 0.2) is 5.69 Å². The summed E-state index contributed by atoms with van der Waals surface area (Å²) in [6.07, 6.45) is 3.21. The van der Waals surface area contributed by atoms with E-state index in [0.29, 0.717) is 24.6 Å². The molecule has 0 saturated carbocycles. The molecule has 29 heavy (non-hydrogen) atoms. The smallest absolute Gasteiger partial charge is 0.272 e. The van der Waals surface area contributed by atoms with Gasteiger partial charge in [-0.2, -0.15) is 10.2 Å². The van der Waals surface area contributed by atoms with Gasteiger partial charge in [0.1, 0.15) is 6.17 Å². The minimum Gasteiger partial charge on any atom is -0.345 e.